The Morgan fingerprint density at radius 1 is 0.871 bits per heavy atom. The standard InChI is InChI=1S/C17H32N2O12/c18-4-2-1-3-5-28-16-14(25)12(23)15(8(29-16)6-19(26)27)31-17-13(24)11(22)10(21)9(7-20)30-17/h8-17,20-25H,1-7,18H2/t8?,9?,10-,11?,12?,13-,14-,15+,16+,17-/m0/s1. The lowest BCUT2D eigenvalue weighted by molar-refractivity contribution is -0.505. The molecule has 0 aromatic carbocycles. The number of aliphatic hydroxyl groups excluding tert-OH is 6. The Bertz CT molecular complexity index is 555. The number of rotatable bonds is 11. The van der Waals surface area contributed by atoms with Gasteiger partial charge in [0.05, 0.1) is 6.61 Å². The molecule has 31 heavy (non-hydrogen) atoms. The van der Waals surface area contributed by atoms with Gasteiger partial charge in [-0.1, -0.05) is 0 Å². The van der Waals surface area contributed by atoms with E-state index in [-0.39, 0.29) is 6.61 Å². The predicted molar refractivity (Wildman–Crippen MR) is 100 cm³/mol. The third-order valence-electron chi connectivity index (χ3n) is 5.24. The molecule has 0 bridgehead atoms. The summed E-state index contributed by atoms with van der Waals surface area (Å²) in [7, 11) is 0. The summed E-state index contributed by atoms with van der Waals surface area (Å²) in [6, 6.07) is 0. The molecule has 0 aromatic rings. The van der Waals surface area contributed by atoms with Crippen molar-refractivity contribution in [1.29, 1.82) is 0 Å². The summed E-state index contributed by atoms with van der Waals surface area (Å²) in [6.07, 6.45) is -13.6. The lowest BCUT2D eigenvalue weighted by Crippen LogP contribution is -2.65. The molecule has 4 unspecified atom stereocenters. The number of hydrogen-bond donors (Lipinski definition) is 7. The van der Waals surface area contributed by atoms with Crippen molar-refractivity contribution in [1.82, 2.24) is 0 Å². The van der Waals surface area contributed by atoms with Gasteiger partial charge in [-0.25, -0.2) is 0 Å². The number of hydrogen-bond acceptors (Lipinski definition) is 13. The van der Waals surface area contributed by atoms with Crippen LogP contribution < -0.4 is 5.73 Å². The molecule has 2 saturated heterocycles. The van der Waals surface area contributed by atoms with Crippen LogP contribution in [0.4, 0.5) is 0 Å². The van der Waals surface area contributed by atoms with Crippen molar-refractivity contribution in [3.05, 3.63) is 10.1 Å². The fraction of sp³-hybridized carbons (Fsp3) is 1.00. The zero-order chi connectivity index (χ0) is 23.1. The molecule has 0 amide bonds. The van der Waals surface area contributed by atoms with E-state index in [2.05, 4.69) is 0 Å². The smallest absolute Gasteiger partial charge is 0.232 e. The highest BCUT2D eigenvalue weighted by Gasteiger charge is 2.52. The van der Waals surface area contributed by atoms with Gasteiger partial charge in [0.1, 0.15) is 42.7 Å². The van der Waals surface area contributed by atoms with Crippen LogP contribution in [-0.2, 0) is 18.9 Å². The van der Waals surface area contributed by atoms with Gasteiger partial charge in [-0.3, -0.25) is 10.1 Å². The SMILES string of the molecule is NCCCCCO[C@@H]1OC(C[N+](=O)[O-])[C@@H](O[C@@H]2OC(CO)[C@H](O)C(O)[C@@H]2O)C(O)[C@@H]1O. The predicted octanol–water partition coefficient (Wildman–Crippen LogP) is -3.96. The minimum absolute atomic E-state index is 0.165. The summed E-state index contributed by atoms with van der Waals surface area (Å²) in [5, 5.41) is 71.0. The van der Waals surface area contributed by atoms with Crippen LogP contribution in [0.2, 0.25) is 0 Å². The number of aliphatic hydroxyl groups is 6. The highest BCUT2D eigenvalue weighted by Crippen LogP contribution is 2.29. The average molecular weight is 456 g/mol. The monoisotopic (exact) mass is 456 g/mol. The van der Waals surface area contributed by atoms with Crippen molar-refractivity contribution < 1.29 is 54.5 Å². The van der Waals surface area contributed by atoms with Crippen LogP contribution in [0.15, 0.2) is 0 Å². The molecule has 14 heteroatoms. The Balaban J connectivity index is 2.07. The topological polar surface area (TPSA) is 227 Å². The molecule has 0 spiro atoms. The number of nitrogens with two attached hydrogens (primary N) is 1. The molecule has 2 rings (SSSR count). The molecule has 0 radical (unpaired) electrons. The quantitative estimate of drug-likeness (QED) is 0.0895. The summed E-state index contributed by atoms with van der Waals surface area (Å²) in [6.45, 7) is -0.852. The molecular formula is C17H32N2O12. The van der Waals surface area contributed by atoms with Gasteiger partial charge in [0, 0.05) is 11.5 Å². The van der Waals surface area contributed by atoms with E-state index in [9.17, 15) is 40.8 Å². The van der Waals surface area contributed by atoms with Gasteiger partial charge in [0.15, 0.2) is 18.7 Å². The maximum atomic E-state index is 11.1. The Kier molecular flexibility index (Phi) is 10.4. The highest BCUT2D eigenvalue weighted by molar-refractivity contribution is 4.94. The van der Waals surface area contributed by atoms with Crippen LogP contribution in [0.1, 0.15) is 19.3 Å². The largest absolute Gasteiger partial charge is 0.394 e. The van der Waals surface area contributed by atoms with Gasteiger partial charge in [-0.2, -0.15) is 0 Å². The molecule has 0 aliphatic carbocycles. The summed E-state index contributed by atoms with van der Waals surface area (Å²) >= 11 is 0. The summed E-state index contributed by atoms with van der Waals surface area (Å²) in [5.74, 6) is 0. The molecule has 14 nitrogen and oxygen atoms in total. The van der Waals surface area contributed by atoms with Crippen molar-refractivity contribution in [2.24, 2.45) is 5.73 Å². The number of unbranched alkanes of at least 4 members (excludes halogenated alkanes) is 2. The van der Waals surface area contributed by atoms with Gasteiger partial charge in [0.2, 0.25) is 6.54 Å². The maximum absolute atomic E-state index is 11.1. The van der Waals surface area contributed by atoms with Crippen molar-refractivity contribution in [3.8, 4) is 0 Å². The number of nitrogens with zero attached hydrogens (tertiary/aromatic N) is 1. The first-order chi connectivity index (χ1) is 14.7. The van der Waals surface area contributed by atoms with Crippen LogP contribution >= 0.6 is 0 Å². The lowest BCUT2D eigenvalue weighted by atomic mass is 9.96. The molecule has 0 saturated carbocycles. The fourth-order valence-corrected chi connectivity index (χ4v) is 3.46. The maximum Gasteiger partial charge on any atom is 0.232 e. The van der Waals surface area contributed by atoms with Crippen molar-refractivity contribution in [2.45, 2.75) is 80.7 Å². The minimum atomic E-state index is -1.80. The van der Waals surface area contributed by atoms with E-state index in [4.69, 9.17) is 24.7 Å². The molecule has 2 fully saturated rings. The van der Waals surface area contributed by atoms with E-state index in [0.29, 0.717) is 13.0 Å². The van der Waals surface area contributed by atoms with Crippen LogP contribution in [0.25, 0.3) is 0 Å². The Labute approximate surface area is 178 Å². The number of nitro groups is 1. The van der Waals surface area contributed by atoms with Gasteiger partial charge in [0.25, 0.3) is 0 Å². The first kappa shape index (κ1) is 26.2. The molecular weight excluding hydrogens is 424 g/mol. The van der Waals surface area contributed by atoms with Gasteiger partial charge in [-0.15, -0.1) is 0 Å². The molecule has 2 aliphatic heterocycles. The van der Waals surface area contributed by atoms with E-state index < -0.39 is 79.5 Å². The van der Waals surface area contributed by atoms with E-state index in [0.717, 1.165) is 12.8 Å². The van der Waals surface area contributed by atoms with E-state index in [1.165, 1.54) is 0 Å². The number of ether oxygens (including phenoxy) is 4. The van der Waals surface area contributed by atoms with Crippen molar-refractivity contribution >= 4 is 0 Å². The fourth-order valence-electron chi connectivity index (χ4n) is 3.46. The zero-order valence-corrected chi connectivity index (χ0v) is 16.9. The summed E-state index contributed by atoms with van der Waals surface area (Å²) in [4.78, 5) is 10.4. The first-order valence-corrected chi connectivity index (χ1v) is 10.1. The summed E-state index contributed by atoms with van der Waals surface area (Å²) in [5.41, 5.74) is 5.41. The second kappa shape index (κ2) is 12.3. The minimum Gasteiger partial charge on any atom is -0.394 e. The second-order valence-corrected chi connectivity index (χ2v) is 7.56. The average Bonchev–Trinajstić information content (AvgIpc) is 2.73. The zero-order valence-electron chi connectivity index (χ0n) is 16.9. The van der Waals surface area contributed by atoms with Crippen molar-refractivity contribution in [3.63, 3.8) is 0 Å². The van der Waals surface area contributed by atoms with Crippen LogP contribution in [0.3, 0.4) is 0 Å². The third-order valence-corrected chi connectivity index (χ3v) is 5.24. The Morgan fingerprint density at radius 2 is 1.52 bits per heavy atom. The van der Waals surface area contributed by atoms with Gasteiger partial charge < -0.3 is 55.3 Å². The van der Waals surface area contributed by atoms with Crippen LogP contribution in [0.5, 0.6) is 0 Å². The third kappa shape index (κ3) is 6.72. The molecule has 8 N–H and O–H groups in total. The molecule has 2 heterocycles. The second-order valence-electron chi connectivity index (χ2n) is 7.56. The molecule has 182 valence electrons. The van der Waals surface area contributed by atoms with Crippen LogP contribution in [-0.4, -0.2) is 123 Å². The Hall–Kier alpha value is -1.04. The first-order valence-electron chi connectivity index (χ1n) is 10.1. The molecule has 2 aliphatic rings. The van der Waals surface area contributed by atoms with E-state index in [1.54, 1.807) is 0 Å². The molecule has 0 aromatic heterocycles. The summed E-state index contributed by atoms with van der Waals surface area (Å²) < 4.78 is 21.5. The van der Waals surface area contributed by atoms with Crippen molar-refractivity contribution in [2.75, 3.05) is 26.3 Å². The highest BCUT2D eigenvalue weighted by atomic mass is 16.7. The van der Waals surface area contributed by atoms with Gasteiger partial charge >= 0.3 is 0 Å². The van der Waals surface area contributed by atoms with Gasteiger partial charge in [-0.05, 0) is 25.8 Å². The lowest BCUT2D eigenvalue weighted by Gasteiger charge is -2.45. The normalized spacial score (nSPS) is 41.3. The Morgan fingerprint density at radius 3 is 2.13 bits per heavy atom. The van der Waals surface area contributed by atoms with E-state index in [1.807, 2.05) is 0 Å². The molecule has 10 atom stereocenters. The van der Waals surface area contributed by atoms with E-state index >= 15 is 0 Å². The van der Waals surface area contributed by atoms with Crippen LogP contribution in [0, 0.1) is 10.1 Å².